The van der Waals surface area contributed by atoms with Gasteiger partial charge in [-0.3, -0.25) is 9.59 Å². The Morgan fingerprint density at radius 1 is 1.04 bits per heavy atom. The van der Waals surface area contributed by atoms with Gasteiger partial charge in [0.25, 0.3) is 5.91 Å². The van der Waals surface area contributed by atoms with E-state index in [2.05, 4.69) is 0 Å². The van der Waals surface area contributed by atoms with Gasteiger partial charge in [0.05, 0.1) is 5.56 Å². The Balaban J connectivity index is 1.96. The minimum Gasteiger partial charge on any atom is -0.484 e. The Bertz CT molecular complexity index is 801. The number of carbonyl (C=O) groups excluding carboxylic acids is 2. The number of nitrogens with zero attached hydrogens (tertiary/aromatic N) is 1. The van der Waals surface area contributed by atoms with Crippen LogP contribution in [-0.4, -0.2) is 30.2 Å². The van der Waals surface area contributed by atoms with E-state index in [4.69, 9.17) is 4.74 Å². The lowest BCUT2D eigenvalue weighted by Crippen LogP contribution is -2.31. The lowest BCUT2D eigenvalue weighted by molar-refractivity contribution is -0.140. The third-order valence-electron chi connectivity index (χ3n) is 4.02. The number of hydrogen-bond acceptors (Lipinski definition) is 3. The average molecular weight is 379 g/mol. The van der Waals surface area contributed by atoms with Crippen LogP contribution in [0.5, 0.6) is 5.75 Å². The molecule has 0 aliphatic rings. The van der Waals surface area contributed by atoms with E-state index in [1.54, 1.807) is 31.2 Å². The molecule has 0 spiro atoms. The maximum atomic E-state index is 13.0. The predicted molar refractivity (Wildman–Crippen MR) is 94.5 cm³/mol. The molecule has 0 saturated carbocycles. The second-order valence-corrected chi connectivity index (χ2v) is 5.99. The number of rotatable bonds is 7. The first-order valence-electron chi connectivity index (χ1n) is 8.37. The van der Waals surface area contributed by atoms with Crippen molar-refractivity contribution in [2.24, 2.45) is 0 Å². The minimum absolute atomic E-state index is 0.000639. The van der Waals surface area contributed by atoms with Gasteiger partial charge in [-0.1, -0.05) is 25.1 Å². The largest absolute Gasteiger partial charge is 0.484 e. The Hall–Kier alpha value is -2.83. The van der Waals surface area contributed by atoms with Crippen LogP contribution >= 0.6 is 0 Å². The number of Topliss-reactive ketones (excluding diaryl/α,β-unsaturated/α-hetero) is 1. The zero-order valence-electron chi connectivity index (χ0n) is 15.0. The van der Waals surface area contributed by atoms with Gasteiger partial charge in [-0.2, -0.15) is 13.2 Å². The number of benzene rings is 2. The molecule has 0 unspecified atom stereocenters. The smallest absolute Gasteiger partial charge is 0.416 e. The van der Waals surface area contributed by atoms with Crippen molar-refractivity contribution in [2.75, 3.05) is 13.7 Å². The molecule has 27 heavy (non-hydrogen) atoms. The monoisotopic (exact) mass is 379 g/mol. The summed E-state index contributed by atoms with van der Waals surface area (Å²) < 4.78 is 44.5. The van der Waals surface area contributed by atoms with Gasteiger partial charge in [0.1, 0.15) is 5.75 Å². The number of carbonyl (C=O) groups is 2. The zero-order valence-corrected chi connectivity index (χ0v) is 15.0. The number of halogens is 3. The van der Waals surface area contributed by atoms with Crippen LogP contribution in [0, 0.1) is 0 Å². The fraction of sp³-hybridized carbons (Fsp3) is 0.300. The topological polar surface area (TPSA) is 46.6 Å². The summed E-state index contributed by atoms with van der Waals surface area (Å²) in [6, 6.07) is 11.5. The van der Waals surface area contributed by atoms with E-state index in [9.17, 15) is 22.8 Å². The Labute approximate surface area is 155 Å². The van der Waals surface area contributed by atoms with Crippen LogP contribution in [0.4, 0.5) is 13.2 Å². The summed E-state index contributed by atoms with van der Waals surface area (Å²) in [7, 11) is 1.42. The van der Waals surface area contributed by atoms with Crippen molar-refractivity contribution >= 4 is 11.7 Å². The van der Waals surface area contributed by atoms with E-state index in [-0.39, 0.29) is 24.5 Å². The van der Waals surface area contributed by atoms with Gasteiger partial charge in [-0.15, -0.1) is 0 Å². The fourth-order valence-corrected chi connectivity index (χ4v) is 2.47. The zero-order chi connectivity index (χ0) is 20.0. The number of ketones is 1. The van der Waals surface area contributed by atoms with Gasteiger partial charge >= 0.3 is 6.18 Å². The van der Waals surface area contributed by atoms with Gasteiger partial charge in [0.15, 0.2) is 12.4 Å². The van der Waals surface area contributed by atoms with Crippen molar-refractivity contribution in [3.63, 3.8) is 0 Å². The first kappa shape index (κ1) is 20.5. The van der Waals surface area contributed by atoms with E-state index in [1.165, 1.54) is 30.1 Å². The highest BCUT2D eigenvalue weighted by atomic mass is 19.4. The summed E-state index contributed by atoms with van der Waals surface area (Å²) in [6.45, 7) is 1.27. The molecule has 144 valence electrons. The molecule has 0 N–H and O–H groups in total. The molecule has 1 amide bonds. The standard InChI is InChI=1S/C20H20F3NO3/c1-3-18(25)14-8-10-16(11-9-14)27-13-19(26)24(2)12-15-6-4-5-7-17(15)20(21,22)23/h4-11H,3,12-13H2,1-2H3. The molecule has 4 nitrogen and oxygen atoms in total. The summed E-state index contributed by atoms with van der Waals surface area (Å²) >= 11 is 0. The number of hydrogen-bond donors (Lipinski definition) is 0. The van der Waals surface area contributed by atoms with Crippen LogP contribution in [0.3, 0.4) is 0 Å². The Morgan fingerprint density at radius 2 is 1.67 bits per heavy atom. The van der Waals surface area contributed by atoms with Gasteiger partial charge in [-0.05, 0) is 35.9 Å². The number of alkyl halides is 3. The number of amides is 1. The van der Waals surface area contributed by atoms with Crippen LogP contribution in [0.15, 0.2) is 48.5 Å². The average Bonchev–Trinajstić information content (AvgIpc) is 2.65. The van der Waals surface area contributed by atoms with Crippen molar-refractivity contribution < 1.29 is 27.5 Å². The SMILES string of the molecule is CCC(=O)c1ccc(OCC(=O)N(C)Cc2ccccc2C(F)(F)F)cc1. The van der Waals surface area contributed by atoms with Crippen molar-refractivity contribution in [3.8, 4) is 5.75 Å². The van der Waals surface area contributed by atoms with E-state index in [1.807, 2.05) is 0 Å². The number of ether oxygens (including phenoxy) is 1. The molecule has 2 aromatic rings. The molecule has 0 atom stereocenters. The summed E-state index contributed by atoms with van der Waals surface area (Å²) in [4.78, 5) is 24.9. The summed E-state index contributed by atoms with van der Waals surface area (Å²) in [5.74, 6) is -0.0542. The lowest BCUT2D eigenvalue weighted by Gasteiger charge is -2.20. The normalized spacial score (nSPS) is 11.1. The molecule has 0 aliphatic carbocycles. The van der Waals surface area contributed by atoms with Gasteiger partial charge in [0.2, 0.25) is 0 Å². The van der Waals surface area contributed by atoms with E-state index < -0.39 is 17.6 Å². The van der Waals surface area contributed by atoms with Gasteiger partial charge in [0, 0.05) is 25.6 Å². The second-order valence-electron chi connectivity index (χ2n) is 5.99. The van der Waals surface area contributed by atoms with Crippen molar-refractivity contribution in [1.82, 2.24) is 4.90 Å². The number of likely N-dealkylation sites (N-methyl/N-ethyl adjacent to an activating group) is 1. The predicted octanol–water partition coefficient (Wildman–Crippen LogP) is 4.34. The molecular formula is C20H20F3NO3. The summed E-state index contributed by atoms with van der Waals surface area (Å²) in [6.07, 6.45) is -4.09. The van der Waals surface area contributed by atoms with Crippen LogP contribution in [-0.2, 0) is 17.5 Å². The summed E-state index contributed by atoms with van der Waals surface area (Å²) in [5, 5.41) is 0. The van der Waals surface area contributed by atoms with Gasteiger partial charge < -0.3 is 9.64 Å². The lowest BCUT2D eigenvalue weighted by atomic mass is 10.1. The molecule has 0 heterocycles. The second kappa shape index (κ2) is 8.70. The molecule has 0 fully saturated rings. The van der Waals surface area contributed by atoms with Crippen LogP contribution in [0.1, 0.15) is 34.8 Å². The molecule has 2 aromatic carbocycles. The third-order valence-corrected chi connectivity index (χ3v) is 4.02. The Morgan fingerprint density at radius 3 is 2.26 bits per heavy atom. The maximum absolute atomic E-state index is 13.0. The summed E-state index contributed by atoms with van der Waals surface area (Å²) in [5.41, 5.74) is -0.193. The molecule has 7 heteroatoms. The van der Waals surface area contributed by atoms with Crippen molar-refractivity contribution in [2.45, 2.75) is 26.1 Å². The van der Waals surface area contributed by atoms with Crippen molar-refractivity contribution in [3.05, 3.63) is 65.2 Å². The molecular weight excluding hydrogens is 359 g/mol. The third kappa shape index (κ3) is 5.57. The van der Waals surface area contributed by atoms with E-state index in [0.717, 1.165) is 6.07 Å². The molecule has 2 rings (SSSR count). The molecule has 0 aromatic heterocycles. The van der Waals surface area contributed by atoms with Crippen LogP contribution in [0.2, 0.25) is 0 Å². The highest BCUT2D eigenvalue weighted by Crippen LogP contribution is 2.32. The van der Waals surface area contributed by atoms with Gasteiger partial charge in [-0.25, -0.2) is 0 Å². The fourth-order valence-electron chi connectivity index (χ4n) is 2.47. The minimum atomic E-state index is -4.48. The molecule has 0 radical (unpaired) electrons. The maximum Gasteiger partial charge on any atom is 0.416 e. The molecule has 0 aliphatic heterocycles. The Kier molecular flexibility index (Phi) is 6.60. The first-order valence-corrected chi connectivity index (χ1v) is 8.37. The molecule has 0 saturated heterocycles. The first-order chi connectivity index (χ1) is 12.7. The van der Waals surface area contributed by atoms with Crippen LogP contribution in [0.25, 0.3) is 0 Å². The highest BCUT2D eigenvalue weighted by molar-refractivity contribution is 5.95. The van der Waals surface area contributed by atoms with Crippen molar-refractivity contribution in [1.29, 1.82) is 0 Å². The quantitative estimate of drug-likeness (QED) is 0.673. The van der Waals surface area contributed by atoms with Crippen LogP contribution < -0.4 is 4.74 Å². The highest BCUT2D eigenvalue weighted by Gasteiger charge is 2.33. The van der Waals surface area contributed by atoms with E-state index in [0.29, 0.717) is 17.7 Å². The molecule has 0 bridgehead atoms. The van der Waals surface area contributed by atoms with E-state index >= 15 is 0 Å².